The molecule has 0 fully saturated rings. The summed E-state index contributed by atoms with van der Waals surface area (Å²) in [7, 11) is 1.48. The molecule has 0 bridgehead atoms. The van der Waals surface area contributed by atoms with Crippen LogP contribution in [0.25, 0.3) is 6.08 Å². The summed E-state index contributed by atoms with van der Waals surface area (Å²) in [5.41, 5.74) is 0.706. The molecule has 0 heterocycles. The van der Waals surface area contributed by atoms with E-state index < -0.39 is 0 Å². The normalized spacial score (nSPS) is 10.7. The number of phenolic OH excluding ortho intramolecular Hbond substituents is 1. The van der Waals surface area contributed by atoms with E-state index in [-0.39, 0.29) is 22.9 Å². The zero-order chi connectivity index (χ0) is 14.5. The van der Waals surface area contributed by atoms with Gasteiger partial charge in [-0.2, -0.15) is 0 Å². The molecule has 0 saturated heterocycles. The number of hydrogen-bond acceptors (Lipinski definition) is 3. The van der Waals surface area contributed by atoms with E-state index in [1.165, 1.54) is 43.5 Å². The van der Waals surface area contributed by atoms with E-state index in [9.17, 15) is 14.3 Å². The molecule has 0 aromatic heterocycles. The molecule has 0 atom stereocenters. The van der Waals surface area contributed by atoms with Crippen LogP contribution in [0.15, 0.2) is 48.5 Å². The molecule has 0 radical (unpaired) electrons. The number of halogens is 1. The zero-order valence-electron chi connectivity index (χ0n) is 10.8. The molecule has 1 N–H and O–H groups in total. The van der Waals surface area contributed by atoms with Crippen LogP contribution in [0.2, 0.25) is 0 Å². The minimum absolute atomic E-state index is 0.125. The summed E-state index contributed by atoms with van der Waals surface area (Å²) in [6.07, 6.45) is 2.77. The number of methoxy groups -OCH3 is 1. The second-order valence-electron chi connectivity index (χ2n) is 4.14. The van der Waals surface area contributed by atoms with Crippen LogP contribution in [-0.4, -0.2) is 18.0 Å². The number of ether oxygens (including phenoxy) is 1. The summed E-state index contributed by atoms with van der Waals surface area (Å²) in [6.45, 7) is 0. The fourth-order valence-electron chi connectivity index (χ4n) is 1.71. The molecule has 0 aliphatic rings. The topological polar surface area (TPSA) is 46.5 Å². The number of carbonyl (C=O) groups excluding carboxylic acids is 1. The van der Waals surface area contributed by atoms with Crippen molar-refractivity contribution in [2.75, 3.05) is 7.11 Å². The maximum absolute atomic E-state index is 13.0. The van der Waals surface area contributed by atoms with Gasteiger partial charge in [-0.1, -0.05) is 18.2 Å². The molecule has 0 spiro atoms. The molecule has 0 unspecified atom stereocenters. The Morgan fingerprint density at radius 1 is 1.25 bits per heavy atom. The van der Waals surface area contributed by atoms with Crippen LogP contribution in [-0.2, 0) is 0 Å². The number of carbonyl (C=O) groups is 1. The molecule has 0 saturated carbocycles. The average molecular weight is 272 g/mol. The van der Waals surface area contributed by atoms with E-state index in [1.807, 2.05) is 0 Å². The molecule has 0 aliphatic heterocycles. The molecule has 3 nitrogen and oxygen atoms in total. The summed E-state index contributed by atoms with van der Waals surface area (Å²) in [5.74, 6) is -0.403. The minimum Gasteiger partial charge on any atom is -0.507 e. The van der Waals surface area contributed by atoms with Crippen LogP contribution in [0.3, 0.4) is 0 Å². The van der Waals surface area contributed by atoms with Gasteiger partial charge >= 0.3 is 0 Å². The lowest BCUT2D eigenvalue weighted by atomic mass is 10.1. The molecular weight excluding hydrogens is 259 g/mol. The first-order valence-electron chi connectivity index (χ1n) is 5.95. The molecule has 0 amide bonds. The summed E-state index contributed by atoms with van der Waals surface area (Å²) in [5, 5.41) is 9.67. The zero-order valence-corrected chi connectivity index (χ0v) is 10.8. The van der Waals surface area contributed by atoms with Crippen molar-refractivity contribution in [3.63, 3.8) is 0 Å². The highest BCUT2D eigenvalue weighted by atomic mass is 19.1. The number of allylic oxidation sites excluding steroid dienone is 1. The number of phenols is 1. The number of ketones is 1. The van der Waals surface area contributed by atoms with Gasteiger partial charge in [-0.3, -0.25) is 4.79 Å². The second-order valence-corrected chi connectivity index (χ2v) is 4.14. The summed E-state index contributed by atoms with van der Waals surface area (Å²) < 4.78 is 18.0. The van der Waals surface area contributed by atoms with Gasteiger partial charge in [0.1, 0.15) is 17.3 Å². The Morgan fingerprint density at radius 2 is 2.05 bits per heavy atom. The Kier molecular flexibility index (Phi) is 4.15. The Hall–Kier alpha value is -2.62. The Balaban J connectivity index is 2.24. The molecule has 0 aliphatic carbocycles. The lowest BCUT2D eigenvalue weighted by Crippen LogP contribution is -1.96. The van der Waals surface area contributed by atoms with Crippen molar-refractivity contribution in [3.05, 3.63) is 65.5 Å². The molecule has 20 heavy (non-hydrogen) atoms. The fourth-order valence-corrected chi connectivity index (χ4v) is 1.71. The van der Waals surface area contributed by atoms with Crippen LogP contribution in [0.5, 0.6) is 11.5 Å². The van der Waals surface area contributed by atoms with Crippen molar-refractivity contribution in [1.29, 1.82) is 0 Å². The number of hydrogen-bond donors (Lipinski definition) is 1. The van der Waals surface area contributed by atoms with Crippen LogP contribution < -0.4 is 4.74 Å². The summed E-state index contributed by atoms with van der Waals surface area (Å²) >= 11 is 0. The first-order chi connectivity index (χ1) is 9.60. The van der Waals surface area contributed by atoms with Crippen LogP contribution >= 0.6 is 0 Å². The van der Waals surface area contributed by atoms with E-state index >= 15 is 0 Å². The quantitative estimate of drug-likeness (QED) is 0.685. The first kappa shape index (κ1) is 13.8. The van der Waals surface area contributed by atoms with Gasteiger partial charge in [-0.05, 0) is 42.0 Å². The Bertz CT molecular complexity index is 663. The van der Waals surface area contributed by atoms with Gasteiger partial charge in [0, 0.05) is 0 Å². The fraction of sp³-hybridized carbons (Fsp3) is 0.0625. The first-order valence-corrected chi connectivity index (χ1v) is 5.95. The lowest BCUT2D eigenvalue weighted by molar-refractivity contribution is 0.104. The van der Waals surface area contributed by atoms with Crippen LogP contribution in [0, 0.1) is 5.82 Å². The highest BCUT2D eigenvalue weighted by Crippen LogP contribution is 2.23. The van der Waals surface area contributed by atoms with E-state index in [0.29, 0.717) is 11.3 Å². The van der Waals surface area contributed by atoms with Crippen molar-refractivity contribution in [1.82, 2.24) is 0 Å². The number of benzene rings is 2. The van der Waals surface area contributed by atoms with Crippen LogP contribution in [0.4, 0.5) is 4.39 Å². The van der Waals surface area contributed by atoms with Crippen LogP contribution in [0.1, 0.15) is 15.9 Å². The highest BCUT2D eigenvalue weighted by molar-refractivity contribution is 6.08. The highest BCUT2D eigenvalue weighted by Gasteiger charge is 2.09. The van der Waals surface area contributed by atoms with Crippen molar-refractivity contribution < 1.29 is 19.0 Å². The molecular formula is C16H13FO3. The predicted molar refractivity (Wildman–Crippen MR) is 74.4 cm³/mol. The smallest absolute Gasteiger partial charge is 0.189 e. The van der Waals surface area contributed by atoms with Gasteiger partial charge in [-0.15, -0.1) is 0 Å². The average Bonchev–Trinajstić information content (AvgIpc) is 2.45. The third-order valence-corrected chi connectivity index (χ3v) is 2.75. The molecule has 2 aromatic rings. The van der Waals surface area contributed by atoms with E-state index in [1.54, 1.807) is 18.2 Å². The minimum atomic E-state index is -0.384. The van der Waals surface area contributed by atoms with Crippen molar-refractivity contribution >= 4 is 11.9 Å². The van der Waals surface area contributed by atoms with Gasteiger partial charge in [0.25, 0.3) is 0 Å². The third kappa shape index (κ3) is 3.23. The van der Waals surface area contributed by atoms with Gasteiger partial charge in [-0.25, -0.2) is 4.39 Å². The van der Waals surface area contributed by atoms with E-state index in [4.69, 9.17) is 4.74 Å². The molecule has 2 aromatic carbocycles. The van der Waals surface area contributed by atoms with E-state index in [0.717, 1.165) is 0 Å². The monoisotopic (exact) mass is 272 g/mol. The third-order valence-electron chi connectivity index (χ3n) is 2.75. The lowest BCUT2D eigenvalue weighted by Gasteiger charge is -2.04. The van der Waals surface area contributed by atoms with Crippen molar-refractivity contribution in [3.8, 4) is 11.5 Å². The largest absolute Gasteiger partial charge is 0.507 e. The summed E-state index contributed by atoms with van der Waals surface area (Å²) in [4.78, 5) is 12.0. The predicted octanol–water partition coefficient (Wildman–Crippen LogP) is 3.44. The Labute approximate surface area is 115 Å². The standard InChI is InChI=1S/C16H13FO3/c1-20-13-6-8-16(19)14(10-13)15(18)7-5-11-3-2-4-12(17)9-11/h2-10,19H,1H3/b7-5+. The van der Waals surface area contributed by atoms with Gasteiger partial charge < -0.3 is 9.84 Å². The van der Waals surface area contributed by atoms with Crippen molar-refractivity contribution in [2.45, 2.75) is 0 Å². The molecule has 4 heteroatoms. The Morgan fingerprint density at radius 3 is 2.75 bits per heavy atom. The van der Waals surface area contributed by atoms with Crippen molar-refractivity contribution in [2.24, 2.45) is 0 Å². The van der Waals surface area contributed by atoms with Gasteiger partial charge in [0.2, 0.25) is 0 Å². The van der Waals surface area contributed by atoms with E-state index in [2.05, 4.69) is 0 Å². The second kappa shape index (κ2) is 6.02. The van der Waals surface area contributed by atoms with Gasteiger partial charge in [0.05, 0.1) is 12.7 Å². The van der Waals surface area contributed by atoms with Gasteiger partial charge in [0.15, 0.2) is 5.78 Å². The number of aromatic hydroxyl groups is 1. The SMILES string of the molecule is COc1ccc(O)c(C(=O)/C=C/c2cccc(F)c2)c1. The maximum Gasteiger partial charge on any atom is 0.189 e. The molecule has 2 rings (SSSR count). The summed E-state index contributed by atoms with van der Waals surface area (Å²) in [6, 6.07) is 10.3. The number of rotatable bonds is 4. The maximum atomic E-state index is 13.0. The molecule has 102 valence electrons.